The fourth-order valence-corrected chi connectivity index (χ4v) is 5.06. The van der Waals surface area contributed by atoms with Gasteiger partial charge >= 0.3 is 0 Å². The number of rotatable bonds is 12. The molecule has 2 aromatic rings. The predicted molar refractivity (Wildman–Crippen MR) is 145 cm³/mol. The summed E-state index contributed by atoms with van der Waals surface area (Å²) in [5.41, 5.74) is 2.04. The van der Waals surface area contributed by atoms with Crippen LogP contribution >= 0.6 is 27.5 Å². The molecule has 0 bridgehead atoms. The number of hydrogen-bond donors (Lipinski definition) is 1. The Morgan fingerprint density at radius 2 is 1.80 bits per heavy atom. The van der Waals surface area contributed by atoms with Gasteiger partial charge in [0.2, 0.25) is 21.8 Å². The lowest BCUT2D eigenvalue weighted by molar-refractivity contribution is -0.140. The first-order valence-corrected chi connectivity index (χ1v) is 14.5. The topological polar surface area (TPSA) is 86.8 Å². The van der Waals surface area contributed by atoms with Crippen molar-refractivity contribution in [3.8, 4) is 0 Å². The van der Waals surface area contributed by atoms with Crippen LogP contribution in [0.3, 0.4) is 0 Å². The van der Waals surface area contributed by atoms with Gasteiger partial charge in [-0.3, -0.25) is 13.9 Å². The molecular formula is C25H33BrClN3O4S. The molecule has 2 aromatic carbocycles. The fourth-order valence-electron chi connectivity index (χ4n) is 3.61. The molecule has 0 radical (unpaired) electrons. The van der Waals surface area contributed by atoms with Crippen LogP contribution in [0.15, 0.2) is 46.9 Å². The third-order valence-corrected chi connectivity index (χ3v) is 7.76. The van der Waals surface area contributed by atoms with Crippen LogP contribution in [0.4, 0.5) is 5.69 Å². The summed E-state index contributed by atoms with van der Waals surface area (Å²) in [7, 11) is -3.59. The summed E-state index contributed by atoms with van der Waals surface area (Å²) in [5, 5.41) is 3.32. The van der Waals surface area contributed by atoms with Crippen LogP contribution in [0.25, 0.3) is 0 Å². The summed E-state index contributed by atoms with van der Waals surface area (Å²) in [5.74, 6) is -0.437. The van der Waals surface area contributed by atoms with Crippen LogP contribution in [0.1, 0.15) is 44.2 Å². The van der Waals surface area contributed by atoms with Crippen LogP contribution in [-0.4, -0.2) is 50.5 Å². The first kappa shape index (κ1) is 29.1. The number of halogens is 2. The molecule has 0 aromatic heterocycles. The van der Waals surface area contributed by atoms with Crippen LogP contribution < -0.4 is 9.62 Å². The van der Waals surface area contributed by atoms with Gasteiger partial charge in [-0.15, -0.1) is 0 Å². The van der Waals surface area contributed by atoms with E-state index in [9.17, 15) is 18.0 Å². The molecule has 10 heteroatoms. The molecule has 1 unspecified atom stereocenters. The molecule has 35 heavy (non-hydrogen) atoms. The second-order valence-corrected chi connectivity index (χ2v) is 11.7. The standard InChI is InChI=1S/C25H33BrClN3O4S/c1-5-15-28-25(32)19(3)29(17-20-11-13-21(26)14-12-20)24(31)10-7-16-30(35(4,33)34)23-9-6-8-22(27)18(23)2/h6,8-9,11-14,19H,5,7,10,15-17H2,1-4H3,(H,28,32). The highest BCUT2D eigenvalue weighted by molar-refractivity contribution is 9.10. The Bertz CT molecular complexity index is 1130. The minimum atomic E-state index is -3.59. The van der Waals surface area contributed by atoms with E-state index in [1.165, 1.54) is 4.31 Å². The zero-order chi connectivity index (χ0) is 26.2. The van der Waals surface area contributed by atoms with E-state index in [1.54, 1.807) is 36.9 Å². The van der Waals surface area contributed by atoms with Crippen LogP contribution in [0, 0.1) is 6.92 Å². The average molecular weight is 587 g/mol. The smallest absolute Gasteiger partial charge is 0.242 e. The van der Waals surface area contributed by atoms with Crippen LogP contribution in [0.2, 0.25) is 5.02 Å². The summed E-state index contributed by atoms with van der Waals surface area (Å²) in [6.07, 6.45) is 2.31. The van der Waals surface area contributed by atoms with Crippen molar-refractivity contribution in [1.82, 2.24) is 10.2 Å². The van der Waals surface area contributed by atoms with E-state index in [0.29, 0.717) is 22.8 Å². The average Bonchev–Trinajstić information content (AvgIpc) is 2.80. The maximum absolute atomic E-state index is 13.3. The second kappa shape index (κ2) is 13.3. The van der Waals surface area contributed by atoms with E-state index >= 15 is 0 Å². The number of anilines is 1. The van der Waals surface area contributed by atoms with E-state index < -0.39 is 16.1 Å². The minimum absolute atomic E-state index is 0.0908. The number of amides is 2. The van der Waals surface area contributed by atoms with Gasteiger partial charge in [-0.25, -0.2) is 8.42 Å². The van der Waals surface area contributed by atoms with Gasteiger partial charge in [0.05, 0.1) is 11.9 Å². The zero-order valence-electron chi connectivity index (χ0n) is 20.6. The van der Waals surface area contributed by atoms with E-state index in [0.717, 1.165) is 22.7 Å². The molecule has 192 valence electrons. The highest BCUT2D eigenvalue weighted by Crippen LogP contribution is 2.28. The minimum Gasteiger partial charge on any atom is -0.354 e. The summed E-state index contributed by atoms with van der Waals surface area (Å²) in [6, 6.07) is 12.0. The van der Waals surface area contributed by atoms with Gasteiger partial charge in [0.1, 0.15) is 6.04 Å². The lowest BCUT2D eigenvalue weighted by atomic mass is 10.1. The molecule has 0 fully saturated rings. The molecule has 1 N–H and O–H groups in total. The first-order chi connectivity index (χ1) is 16.5. The Balaban J connectivity index is 2.18. The number of sulfonamides is 1. The van der Waals surface area contributed by atoms with Gasteiger partial charge in [-0.2, -0.15) is 0 Å². The summed E-state index contributed by atoms with van der Waals surface area (Å²) in [6.45, 7) is 6.36. The quantitative estimate of drug-likeness (QED) is 0.383. The summed E-state index contributed by atoms with van der Waals surface area (Å²) in [4.78, 5) is 27.5. The Morgan fingerprint density at radius 3 is 2.40 bits per heavy atom. The lowest BCUT2D eigenvalue weighted by Crippen LogP contribution is -2.47. The summed E-state index contributed by atoms with van der Waals surface area (Å²) < 4.78 is 27.2. The predicted octanol–water partition coefficient (Wildman–Crippen LogP) is 4.90. The third kappa shape index (κ3) is 8.51. The number of hydrogen-bond acceptors (Lipinski definition) is 4. The number of nitrogens with zero attached hydrogens (tertiary/aromatic N) is 2. The monoisotopic (exact) mass is 585 g/mol. The molecule has 7 nitrogen and oxygen atoms in total. The van der Waals surface area contributed by atoms with Gasteiger partial charge in [0.25, 0.3) is 0 Å². The van der Waals surface area contributed by atoms with Crippen molar-refractivity contribution in [2.75, 3.05) is 23.7 Å². The highest BCUT2D eigenvalue weighted by Gasteiger charge is 2.27. The maximum Gasteiger partial charge on any atom is 0.242 e. The number of nitrogens with one attached hydrogen (secondary N) is 1. The van der Waals surface area contributed by atoms with Crippen molar-refractivity contribution in [2.24, 2.45) is 0 Å². The van der Waals surface area contributed by atoms with Crippen molar-refractivity contribution >= 4 is 55.1 Å². The van der Waals surface area contributed by atoms with E-state index in [1.807, 2.05) is 31.2 Å². The first-order valence-electron chi connectivity index (χ1n) is 11.5. The van der Waals surface area contributed by atoms with E-state index in [4.69, 9.17) is 11.6 Å². The number of carbonyl (C=O) groups is 2. The largest absolute Gasteiger partial charge is 0.354 e. The Kier molecular flexibility index (Phi) is 11.0. The second-order valence-electron chi connectivity index (χ2n) is 8.44. The molecule has 1 atom stereocenters. The highest BCUT2D eigenvalue weighted by atomic mass is 79.9. The van der Waals surface area contributed by atoms with E-state index in [-0.39, 0.29) is 37.7 Å². The van der Waals surface area contributed by atoms with Gasteiger partial charge in [-0.1, -0.05) is 52.7 Å². The Labute approximate surface area is 222 Å². The van der Waals surface area contributed by atoms with Crippen molar-refractivity contribution in [2.45, 2.75) is 52.6 Å². The van der Waals surface area contributed by atoms with Crippen molar-refractivity contribution < 1.29 is 18.0 Å². The van der Waals surface area contributed by atoms with Gasteiger partial charge < -0.3 is 10.2 Å². The van der Waals surface area contributed by atoms with Crippen LogP contribution in [0.5, 0.6) is 0 Å². The molecule has 0 aliphatic rings. The maximum atomic E-state index is 13.3. The fraction of sp³-hybridized carbons (Fsp3) is 0.440. The van der Waals surface area contributed by atoms with Gasteiger partial charge in [-0.05, 0) is 62.1 Å². The molecule has 0 spiro atoms. The molecule has 2 amide bonds. The molecule has 0 heterocycles. The van der Waals surface area contributed by atoms with E-state index in [2.05, 4.69) is 21.2 Å². The summed E-state index contributed by atoms with van der Waals surface area (Å²) >= 11 is 9.61. The molecule has 0 aliphatic carbocycles. The zero-order valence-corrected chi connectivity index (χ0v) is 23.7. The van der Waals surface area contributed by atoms with Crippen LogP contribution in [-0.2, 0) is 26.2 Å². The van der Waals surface area contributed by atoms with Gasteiger partial charge in [0.15, 0.2) is 0 Å². The molecule has 0 saturated carbocycles. The molecular weight excluding hydrogens is 554 g/mol. The van der Waals surface area contributed by atoms with Crippen molar-refractivity contribution in [1.29, 1.82) is 0 Å². The van der Waals surface area contributed by atoms with Gasteiger partial charge in [0, 0.05) is 35.6 Å². The molecule has 0 saturated heterocycles. The van der Waals surface area contributed by atoms with Crippen molar-refractivity contribution in [3.05, 3.63) is 63.1 Å². The Morgan fingerprint density at radius 1 is 1.14 bits per heavy atom. The van der Waals surface area contributed by atoms with Crippen molar-refractivity contribution in [3.63, 3.8) is 0 Å². The Hall–Kier alpha value is -2.10. The molecule has 0 aliphatic heterocycles. The normalized spacial score (nSPS) is 12.2. The SMILES string of the molecule is CCCNC(=O)C(C)N(Cc1ccc(Br)cc1)C(=O)CCCN(c1cccc(Cl)c1C)S(C)(=O)=O. The molecule has 2 rings (SSSR count). The number of benzene rings is 2. The third-order valence-electron chi connectivity index (χ3n) is 5.64. The lowest BCUT2D eigenvalue weighted by Gasteiger charge is -2.29. The number of carbonyl (C=O) groups excluding carboxylic acids is 2.